The van der Waals surface area contributed by atoms with Gasteiger partial charge in [0.25, 0.3) is 0 Å². The van der Waals surface area contributed by atoms with Gasteiger partial charge in [-0.15, -0.1) is 0 Å². The Kier molecular flexibility index (Phi) is 5.19. The standard InChI is InChI=1S/C15H24N2O2/c1-16-13-8-9-19-11-14(13)17(2)10-12-6-4-5-7-15(12)18-3/h4-7,13-14,16H,8-11H2,1-3H3. The van der Waals surface area contributed by atoms with E-state index in [9.17, 15) is 0 Å². The largest absolute Gasteiger partial charge is 0.496 e. The molecule has 0 amide bonds. The van der Waals surface area contributed by atoms with E-state index in [4.69, 9.17) is 9.47 Å². The number of benzene rings is 1. The first-order chi connectivity index (χ1) is 9.26. The monoisotopic (exact) mass is 264 g/mol. The van der Waals surface area contributed by atoms with E-state index in [1.165, 1.54) is 5.56 Å². The van der Waals surface area contributed by atoms with Crippen LogP contribution < -0.4 is 10.1 Å². The van der Waals surface area contributed by atoms with Crippen molar-refractivity contribution in [2.75, 3.05) is 34.4 Å². The summed E-state index contributed by atoms with van der Waals surface area (Å²) in [4.78, 5) is 2.35. The highest BCUT2D eigenvalue weighted by atomic mass is 16.5. The first-order valence-corrected chi connectivity index (χ1v) is 6.83. The lowest BCUT2D eigenvalue weighted by atomic mass is 10.0. The van der Waals surface area contributed by atoms with Gasteiger partial charge >= 0.3 is 0 Å². The molecule has 1 saturated heterocycles. The van der Waals surface area contributed by atoms with E-state index in [-0.39, 0.29) is 0 Å². The third-order valence-electron chi connectivity index (χ3n) is 3.88. The molecule has 0 radical (unpaired) electrons. The van der Waals surface area contributed by atoms with Gasteiger partial charge in [0.2, 0.25) is 0 Å². The van der Waals surface area contributed by atoms with E-state index < -0.39 is 0 Å². The Hall–Kier alpha value is -1.10. The number of methoxy groups -OCH3 is 1. The lowest BCUT2D eigenvalue weighted by molar-refractivity contribution is 0.00504. The number of rotatable bonds is 5. The predicted octanol–water partition coefficient (Wildman–Crippen LogP) is 1.50. The first-order valence-electron chi connectivity index (χ1n) is 6.83. The second-order valence-corrected chi connectivity index (χ2v) is 5.05. The highest BCUT2D eigenvalue weighted by Crippen LogP contribution is 2.21. The Morgan fingerprint density at radius 2 is 2.21 bits per heavy atom. The van der Waals surface area contributed by atoms with Gasteiger partial charge in [-0.3, -0.25) is 4.90 Å². The molecule has 1 aromatic rings. The molecule has 0 spiro atoms. The molecule has 19 heavy (non-hydrogen) atoms. The number of nitrogens with zero attached hydrogens (tertiary/aromatic N) is 1. The zero-order valence-corrected chi connectivity index (χ0v) is 12.1. The van der Waals surface area contributed by atoms with Crippen LogP contribution in [0.2, 0.25) is 0 Å². The Labute approximate surface area is 115 Å². The van der Waals surface area contributed by atoms with Crippen molar-refractivity contribution in [2.45, 2.75) is 25.0 Å². The molecule has 0 aromatic heterocycles. The molecule has 1 aliphatic heterocycles. The van der Waals surface area contributed by atoms with Crippen molar-refractivity contribution in [3.8, 4) is 5.75 Å². The Morgan fingerprint density at radius 1 is 1.42 bits per heavy atom. The van der Waals surface area contributed by atoms with E-state index in [0.717, 1.165) is 31.9 Å². The van der Waals surface area contributed by atoms with Gasteiger partial charge in [0.1, 0.15) is 5.75 Å². The minimum absolute atomic E-state index is 0.406. The summed E-state index contributed by atoms with van der Waals surface area (Å²) in [6.45, 7) is 2.51. The maximum atomic E-state index is 5.62. The minimum Gasteiger partial charge on any atom is -0.496 e. The molecular formula is C15H24N2O2. The van der Waals surface area contributed by atoms with Crippen molar-refractivity contribution in [3.63, 3.8) is 0 Å². The minimum atomic E-state index is 0.406. The third-order valence-corrected chi connectivity index (χ3v) is 3.88. The summed E-state index contributed by atoms with van der Waals surface area (Å²) in [5, 5.41) is 3.40. The summed E-state index contributed by atoms with van der Waals surface area (Å²) in [6, 6.07) is 9.09. The third kappa shape index (κ3) is 3.47. The molecule has 0 saturated carbocycles. The number of para-hydroxylation sites is 1. The van der Waals surface area contributed by atoms with Crippen LogP contribution in [0.3, 0.4) is 0 Å². The highest BCUT2D eigenvalue weighted by molar-refractivity contribution is 5.33. The molecule has 1 aromatic carbocycles. The van der Waals surface area contributed by atoms with Gasteiger partial charge in [0, 0.05) is 30.8 Å². The zero-order chi connectivity index (χ0) is 13.7. The number of likely N-dealkylation sites (N-methyl/N-ethyl adjacent to an activating group) is 2. The van der Waals surface area contributed by atoms with Crippen LogP contribution in [0.25, 0.3) is 0 Å². The van der Waals surface area contributed by atoms with Gasteiger partial charge in [0.05, 0.1) is 13.7 Å². The van der Waals surface area contributed by atoms with Gasteiger partial charge in [-0.05, 0) is 26.6 Å². The Bertz CT molecular complexity index is 397. The molecular weight excluding hydrogens is 240 g/mol. The maximum Gasteiger partial charge on any atom is 0.123 e. The molecule has 0 bridgehead atoms. The smallest absolute Gasteiger partial charge is 0.123 e. The maximum absolute atomic E-state index is 5.62. The van der Waals surface area contributed by atoms with Crippen LogP contribution in [0.1, 0.15) is 12.0 Å². The van der Waals surface area contributed by atoms with Gasteiger partial charge in [0.15, 0.2) is 0 Å². The summed E-state index contributed by atoms with van der Waals surface area (Å²) in [5.74, 6) is 0.951. The topological polar surface area (TPSA) is 33.7 Å². The zero-order valence-electron chi connectivity index (χ0n) is 12.1. The van der Waals surface area contributed by atoms with E-state index in [2.05, 4.69) is 29.4 Å². The van der Waals surface area contributed by atoms with Crippen LogP contribution in [0.15, 0.2) is 24.3 Å². The molecule has 2 rings (SSSR count). The molecule has 1 N–H and O–H groups in total. The fourth-order valence-corrected chi connectivity index (χ4v) is 2.71. The predicted molar refractivity (Wildman–Crippen MR) is 76.5 cm³/mol. The lowest BCUT2D eigenvalue weighted by Crippen LogP contribution is -2.53. The van der Waals surface area contributed by atoms with Gasteiger partial charge in [-0.2, -0.15) is 0 Å². The fraction of sp³-hybridized carbons (Fsp3) is 0.600. The summed E-state index contributed by atoms with van der Waals surface area (Å²) < 4.78 is 11.0. The van der Waals surface area contributed by atoms with Gasteiger partial charge in [-0.1, -0.05) is 18.2 Å². The highest BCUT2D eigenvalue weighted by Gasteiger charge is 2.28. The van der Waals surface area contributed by atoms with E-state index in [0.29, 0.717) is 12.1 Å². The second kappa shape index (κ2) is 6.89. The van der Waals surface area contributed by atoms with Crippen LogP contribution in [0.5, 0.6) is 5.75 Å². The molecule has 2 unspecified atom stereocenters. The van der Waals surface area contributed by atoms with Crippen molar-refractivity contribution in [1.82, 2.24) is 10.2 Å². The number of hydrogen-bond acceptors (Lipinski definition) is 4. The molecule has 1 fully saturated rings. The average Bonchev–Trinajstić information content (AvgIpc) is 2.47. The van der Waals surface area contributed by atoms with E-state index in [1.807, 2.05) is 19.2 Å². The number of ether oxygens (including phenoxy) is 2. The van der Waals surface area contributed by atoms with Crippen molar-refractivity contribution in [3.05, 3.63) is 29.8 Å². The Morgan fingerprint density at radius 3 is 2.95 bits per heavy atom. The van der Waals surface area contributed by atoms with Crippen molar-refractivity contribution >= 4 is 0 Å². The second-order valence-electron chi connectivity index (χ2n) is 5.05. The lowest BCUT2D eigenvalue weighted by Gasteiger charge is -2.37. The molecule has 4 heteroatoms. The molecule has 2 atom stereocenters. The van der Waals surface area contributed by atoms with Crippen LogP contribution in [-0.2, 0) is 11.3 Å². The summed E-state index contributed by atoms with van der Waals surface area (Å²) in [5.41, 5.74) is 1.22. The summed E-state index contributed by atoms with van der Waals surface area (Å²) >= 11 is 0. The van der Waals surface area contributed by atoms with Gasteiger partial charge in [-0.25, -0.2) is 0 Å². The van der Waals surface area contributed by atoms with Crippen LogP contribution in [0, 0.1) is 0 Å². The quantitative estimate of drug-likeness (QED) is 0.874. The van der Waals surface area contributed by atoms with Crippen molar-refractivity contribution < 1.29 is 9.47 Å². The van der Waals surface area contributed by atoms with Crippen molar-refractivity contribution in [2.24, 2.45) is 0 Å². The molecule has 0 aliphatic carbocycles. The molecule has 1 aliphatic rings. The fourth-order valence-electron chi connectivity index (χ4n) is 2.71. The summed E-state index contributed by atoms with van der Waals surface area (Å²) in [7, 11) is 5.90. The average molecular weight is 264 g/mol. The van der Waals surface area contributed by atoms with E-state index in [1.54, 1.807) is 7.11 Å². The van der Waals surface area contributed by atoms with Crippen LogP contribution in [0.4, 0.5) is 0 Å². The van der Waals surface area contributed by atoms with Gasteiger partial charge < -0.3 is 14.8 Å². The normalized spacial score (nSPS) is 23.6. The molecule has 106 valence electrons. The SMILES string of the molecule is CNC1CCOCC1N(C)Cc1ccccc1OC. The van der Waals surface area contributed by atoms with Crippen LogP contribution in [-0.4, -0.2) is 51.4 Å². The van der Waals surface area contributed by atoms with Crippen LogP contribution >= 0.6 is 0 Å². The molecule has 1 heterocycles. The number of nitrogens with one attached hydrogen (secondary N) is 1. The Balaban J connectivity index is 2.05. The number of hydrogen-bond donors (Lipinski definition) is 1. The molecule has 4 nitrogen and oxygen atoms in total. The van der Waals surface area contributed by atoms with Crippen molar-refractivity contribution in [1.29, 1.82) is 0 Å². The first kappa shape index (κ1) is 14.3. The summed E-state index contributed by atoms with van der Waals surface area (Å²) in [6.07, 6.45) is 1.07. The van der Waals surface area contributed by atoms with E-state index >= 15 is 0 Å².